The molecule has 0 unspecified atom stereocenters. The zero-order valence-corrected chi connectivity index (χ0v) is 12.1. The SMILES string of the molecule is NCC1(C(=O)NC2(C(=O)O)CCCCCC2)CCCC1. The minimum Gasteiger partial charge on any atom is -0.480 e. The number of hydrogen-bond donors (Lipinski definition) is 3. The van der Waals surface area contributed by atoms with Crippen LogP contribution < -0.4 is 11.1 Å². The van der Waals surface area contributed by atoms with Gasteiger partial charge in [-0.1, -0.05) is 38.5 Å². The van der Waals surface area contributed by atoms with Gasteiger partial charge in [0.1, 0.15) is 5.54 Å². The lowest BCUT2D eigenvalue weighted by Gasteiger charge is -2.34. The molecule has 0 atom stereocenters. The van der Waals surface area contributed by atoms with Crippen molar-refractivity contribution in [1.29, 1.82) is 0 Å². The number of carbonyl (C=O) groups is 2. The first-order chi connectivity index (χ1) is 9.55. The normalized spacial score (nSPS) is 24.9. The van der Waals surface area contributed by atoms with Gasteiger partial charge in [-0.3, -0.25) is 4.79 Å². The van der Waals surface area contributed by atoms with Crippen LogP contribution in [0.2, 0.25) is 0 Å². The Morgan fingerprint density at radius 1 is 0.950 bits per heavy atom. The van der Waals surface area contributed by atoms with Gasteiger partial charge in [0.25, 0.3) is 0 Å². The number of carboxylic acids is 1. The van der Waals surface area contributed by atoms with E-state index >= 15 is 0 Å². The first-order valence-corrected chi connectivity index (χ1v) is 7.81. The molecule has 2 saturated carbocycles. The van der Waals surface area contributed by atoms with Crippen molar-refractivity contribution in [3.05, 3.63) is 0 Å². The molecule has 2 aliphatic carbocycles. The van der Waals surface area contributed by atoms with Gasteiger partial charge in [-0.2, -0.15) is 0 Å². The van der Waals surface area contributed by atoms with Crippen LogP contribution in [0.25, 0.3) is 0 Å². The summed E-state index contributed by atoms with van der Waals surface area (Å²) in [5, 5.41) is 12.5. The Morgan fingerprint density at radius 3 is 1.90 bits per heavy atom. The van der Waals surface area contributed by atoms with Gasteiger partial charge in [0.15, 0.2) is 0 Å². The summed E-state index contributed by atoms with van der Waals surface area (Å²) in [7, 11) is 0. The number of rotatable bonds is 4. The van der Waals surface area contributed by atoms with Crippen LogP contribution in [-0.4, -0.2) is 29.1 Å². The van der Waals surface area contributed by atoms with Crippen molar-refractivity contribution in [3.63, 3.8) is 0 Å². The molecule has 5 heteroatoms. The summed E-state index contributed by atoms with van der Waals surface area (Å²) in [6.07, 6.45) is 8.47. The van der Waals surface area contributed by atoms with E-state index in [1.807, 2.05) is 0 Å². The smallest absolute Gasteiger partial charge is 0.329 e. The zero-order valence-electron chi connectivity index (χ0n) is 12.1. The van der Waals surface area contributed by atoms with Crippen molar-refractivity contribution in [3.8, 4) is 0 Å². The lowest BCUT2D eigenvalue weighted by molar-refractivity contribution is -0.150. The van der Waals surface area contributed by atoms with Gasteiger partial charge >= 0.3 is 5.97 Å². The van der Waals surface area contributed by atoms with E-state index in [4.69, 9.17) is 5.73 Å². The Hall–Kier alpha value is -1.10. The Morgan fingerprint density at radius 2 is 1.45 bits per heavy atom. The first-order valence-electron chi connectivity index (χ1n) is 7.81. The lowest BCUT2D eigenvalue weighted by Crippen LogP contribution is -2.58. The lowest BCUT2D eigenvalue weighted by atomic mass is 9.82. The molecule has 0 bridgehead atoms. The third kappa shape index (κ3) is 2.82. The third-order valence-corrected chi connectivity index (χ3v) is 5.15. The predicted octanol–water partition coefficient (Wildman–Crippen LogP) is 1.80. The van der Waals surface area contributed by atoms with E-state index in [-0.39, 0.29) is 5.91 Å². The van der Waals surface area contributed by atoms with Crippen LogP contribution in [0.1, 0.15) is 64.2 Å². The van der Waals surface area contributed by atoms with E-state index in [9.17, 15) is 14.7 Å². The van der Waals surface area contributed by atoms with Gasteiger partial charge in [0.2, 0.25) is 5.91 Å². The monoisotopic (exact) mass is 282 g/mol. The largest absolute Gasteiger partial charge is 0.480 e. The molecule has 4 N–H and O–H groups in total. The van der Waals surface area contributed by atoms with Crippen LogP contribution in [0.5, 0.6) is 0 Å². The van der Waals surface area contributed by atoms with Crippen LogP contribution in [0.3, 0.4) is 0 Å². The molecule has 0 spiro atoms. The molecule has 0 aliphatic heterocycles. The van der Waals surface area contributed by atoms with Gasteiger partial charge in [-0.25, -0.2) is 4.79 Å². The van der Waals surface area contributed by atoms with Crippen molar-refractivity contribution in [2.24, 2.45) is 11.1 Å². The number of carboxylic acid groups (broad SMARTS) is 1. The van der Waals surface area contributed by atoms with E-state index in [0.717, 1.165) is 51.4 Å². The molecule has 2 aliphatic rings. The second kappa shape index (κ2) is 6.12. The minimum atomic E-state index is -1.07. The molecule has 5 nitrogen and oxygen atoms in total. The minimum absolute atomic E-state index is 0.137. The van der Waals surface area contributed by atoms with Crippen LogP contribution >= 0.6 is 0 Å². The highest BCUT2D eigenvalue weighted by molar-refractivity contribution is 5.90. The van der Waals surface area contributed by atoms with Gasteiger partial charge in [-0.15, -0.1) is 0 Å². The fraction of sp³-hybridized carbons (Fsp3) is 0.867. The quantitative estimate of drug-likeness (QED) is 0.685. The number of nitrogens with two attached hydrogens (primary N) is 1. The van der Waals surface area contributed by atoms with Gasteiger partial charge < -0.3 is 16.2 Å². The molecule has 0 saturated heterocycles. The highest BCUT2D eigenvalue weighted by Gasteiger charge is 2.46. The molecule has 0 radical (unpaired) electrons. The van der Waals surface area contributed by atoms with Crippen molar-refractivity contribution in [2.75, 3.05) is 6.54 Å². The Labute approximate surface area is 120 Å². The first kappa shape index (κ1) is 15.3. The molecule has 2 fully saturated rings. The van der Waals surface area contributed by atoms with Crippen LogP contribution in [-0.2, 0) is 9.59 Å². The molecule has 2 rings (SSSR count). The highest BCUT2D eigenvalue weighted by atomic mass is 16.4. The van der Waals surface area contributed by atoms with E-state index < -0.39 is 16.9 Å². The van der Waals surface area contributed by atoms with Crippen LogP contribution in [0.15, 0.2) is 0 Å². The number of carbonyl (C=O) groups excluding carboxylic acids is 1. The highest BCUT2D eigenvalue weighted by Crippen LogP contribution is 2.38. The van der Waals surface area contributed by atoms with Crippen molar-refractivity contribution in [1.82, 2.24) is 5.32 Å². The molecule has 20 heavy (non-hydrogen) atoms. The maximum absolute atomic E-state index is 12.6. The number of hydrogen-bond acceptors (Lipinski definition) is 3. The van der Waals surface area contributed by atoms with Crippen molar-refractivity contribution < 1.29 is 14.7 Å². The fourth-order valence-electron chi connectivity index (χ4n) is 3.65. The Bertz CT molecular complexity index is 367. The van der Waals surface area contributed by atoms with Gasteiger partial charge in [0.05, 0.1) is 5.41 Å². The van der Waals surface area contributed by atoms with Crippen LogP contribution in [0.4, 0.5) is 0 Å². The summed E-state index contributed by atoms with van der Waals surface area (Å²) in [5.74, 6) is -1.03. The summed E-state index contributed by atoms with van der Waals surface area (Å²) in [4.78, 5) is 24.4. The van der Waals surface area contributed by atoms with E-state index in [0.29, 0.717) is 19.4 Å². The van der Waals surface area contributed by atoms with E-state index in [1.165, 1.54) is 0 Å². The average molecular weight is 282 g/mol. The number of aliphatic carboxylic acids is 1. The maximum atomic E-state index is 12.6. The maximum Gasteiger partial charge on any atom is 0.329 e. The third-order valence-electron chi connectivity index (χ3n) is 5.15. The van der Waals surface area contributed by atoms with E-state index in [1.54, 1.807) is 0 Å². The standard InChI is InChI=1S/C15H26N2O3/c16-11-14(7-5-6-8-14)12(18)17-15(13(19)20)9-3-1-2-4-10-15/h1-11,16H2,(H,17,18)(H,19,20). The summed E-state index contributed by atoms with van der Waals surface area (Å²) < 4.78 is 0. The molecular weight excluding hydrogens is 256 g/mol. The fourth-order valence-corrected chi connectivity index (χ4v) is 3.65. The van der Waals surface area contributed by atoms with Gasteiger partial charge in [-0.05, 0) is 25.7 Å². The van der Waals surface area contributed by atoms with Gasteiger partial charge in [0, 0.05) is 6.54 Å². The number of nitrogens with one attached hydrogen (secondary N) is 1. The van der Waals surface area contributed by atoms with Crippen LogP contribution in [0, 0.1) is 5.41 Å². The van der Waals surface area contributed by atoms with Crippen molar-refractivity contribution >= 4 is 11.9 Å². The van der Waals surface area contributed by atoms with Crippen molar-refractivity contribution in [2.45, 2.75) is 69.7 Å². The topological polar surface area (TPSA) is 92.4 Å². The average Bonchev–Trinajstić information content (AvgIpc) is 2.80. The Balaban J connectivity index is 2.15. The molecular formula is C15H26N2O3. The summed E-state index contributed by atoms with van der Waals surface area (Å²) in [6, 6.07) is 0. The molecule has 1 amide bonds. The second-order valence-electron chi connectivity index (χ2n) is 6.45. The predicted molar refractivity (Wildman–Crippen MR) is 76.2 cm³/mol. The Kier molecular flexibility index (Phi) is 4.68. The number of amides is 1. The molecule has 0 aromatic heterocycles. The second-order valence-corrected chi connectivity index (χ2v) is 6.45. The molecule has 114 valence electrons. The molecule has 0 aromatic rings. The zero-order chi connectivity index (χ0) is 14.6. The summed E-state index contributed by atoms with van der Waals surface area (Å²) in [5.41, 5.74) is 4.21. The van der Waals surface area contributed by atoms with E-state index in [2.05, 4.69) is 5.32 Å². The summed E-state index contributed by atoms with van der Waals surface area (Å²) >= 11 is 0. The molecule has 0 heterocycles. The molecule has 0 aromatic carbocycles. The summed E-state index contributed by atoms with van der Waals surface area (Å²) in [6.45, 7) is 0.314.